The molecule has 180 valence electrons. The first kappa shape index (κ1) is 24.0. The number of fused-ring (bicyclic) bond motifs is 5. The number of hydrogen-bond donors (Lipinski definition) is 3. The summed E-state index contributed by atoms with van der Waals surface area (Å²) in [7, 11) is 0. The molecule has 0 spiro atoms. The maximum Gasteiger partial charge on any atom is 0.0656 e. The summed E-state index contributed by atoms with van der Waals surface area (Å²) in [6.45, 7) is 13.6. The minimum atomic E-state index is -0.687. The minimum absolute atomic E-state index is 0.144. The van der Waals surface area contributed by atoms with Crippen LogP contribution in [0.5, 0.6) is 0 Å². The van der Waals surface area contributed by atoms with E-state index in [9.17, 15) is 15.3 Å². The lowest BCUT2D eigenvalue weighted by molar-refractivity contribution is -0.213. The predicted octanol–water partition coefficient (Wildman–Crippen LogP) is 5.94. The van der Waals surface area contributed by atoms with Crippen molar-refractivity contribution in [2.24, 2.45) is 46.3 Å². The lowest BCUT2D eigenvalue weighted by atomic mass is 9.41. The van der Waals surface area contributed by atoms with Crippen LogP contribution in [0.15, 0.2) is 0 Å². The summed E-state index contributed by atoms with van der Waals surface area (Å²) >= 11 is 0. The maximum atomic E-state index is 11.6. The zero-order valence-electron chi connectivity index (χ0n) is 21.2. The fourth-order valence-electron chi connectivity index (χ4n) is 9.79. The van der Waals surface area contributed by atoms with Gasteiger partial charge < -0.3 is 15.3 Å². The molecule has 31 heavy (non-hydrogen) atoms. The molecule has 4 aliphatic carbocycles. The van der Waals surface area contributed by atoms with Gasteiger partial charge in [0.05, 0.1) is 17.3 Å². The molecule has 0 aromatic carbocycles. The second-order valence-electron chi connectivity index (χ2n) is 13.7. The summed E-state index contributed by atoms with van der Waals surface area (Å²) in [5.74, 6) is 3.12. The summed E-state index contributed by atoms with van der Waals surface area (Å²) in [4.78, 5) is 0. The molecule has 3 nitrogen and oxygen atoms in total. The molecule has 0 aromatic heterocycles. The first-order chi connectivity index (χ1) is 14.3. The molecule has 0 amide bonds. The first-order valence-corrected chi connectivity index (χ1v) is 13.4. The Labute approximate surface area is 191 Å². The largest absolute Gasteiger partial charge is 0.393 e. The molecule has 4 aliphatic rings. The predicted molar refractivity (Wildman–Crippen MR) is 127 cm³/mol. The molecule has 3 heteroatoms. The lowest BCUT2D eigenvalue weighted by Crippen LogP contribution is -2.62. The monoisotopic (exact) mass is 434 g/mol. The SMILES string of the molecule is CC(C)CCC[C@](C)(O)[C@H]1CC[C@H]2[C@@H]3C[C@@](C)(O)[C@H]4C[C@@H](O)CC[C@]4(C)[C@H]3CC[C@@]21C. The standard InChI is InChI=1S/C28H50O3/c1-18(2)8-7-13-27(5,30)23-10-9-21-20-17-28(6,31)24-16-19(29)11-14-26(24,4)22(20)12-15-25(21,23)3/h18-24,29-31H,7-17H2,1-6H3/t19-,20-,21-,22-,23-,24-,25-,26+,27-,28+/m0/s1. The molecule has 4 rings (SSSR count). The van der Waals surface area contributed by atoms with E-state index in [-0.39, 0.29) is 22.9 Å². The van der Waals surface area contributed by atoms with E-state index in [1.807, 2.05) is 0 Å². The molecule has 0 bridgehead atoms. The van der Waals surface area contributed by atoms with E-state index in [1.54, 1.807) is 0 Å². The molecule has 4 fully saturated rings. The van der Waals surface area contributed by atoms with Crippen LogP contribution in [-0.4, -0.2) is 32.6 Å². The molecule has 0 unspecified atom stereocenters. The van der Waals surface area contributed by atoms with Crippen LogP contribution in [0.4, 0.5) is 0 Å². The molecule has 0 heterocycles. The molecule has 0 aliphatic heterocycles. The van der Waals surface area contributed by atoms with Crippen LogP contribution in [0.1, 0.15) is 112 Å². The number of hydrogen-bond acceptors (Lipinski definition) is 3. The molecular formula is C28H50O3. The van der Waals surface area contributed by atoms with Gasteiger partial charge in [0.25, 0.3) is 0 Å². The Bertz CT molecular complexity index is 655. The van der Waals surface area contributed by atoms with Crippen LogP contribution in [0.25, 0.3) is 0 Å². The highest BCUT2D eigenvalue weighted by Gasteiger charge is 2.65. The highest BCUT2D eigenvalue weighted by Crippen LogP contribution is 2.70. The van der Waals surface area contributed by atoms with Crippen molar-refractivity contribution < 1.29 is 15.3 Å². The van der Waals surface area contributed by atoms with Crippen LogP contribution in [0.2, 0.25) is 0 Å². The smallest absolute Gasteiger partial charge is 0.0656 e. The number of aliphatic hydroxyl groups excluding tert-OH is 1. The number of rotatable bonds is 5. The van der Waals surface area contributed by atoms with Crippen LogP contribution >= 0.6 is 0 Å². The van der Waals surface area contributed by atoms with Crippen molar-refractivity contribution in [3.63, 3.8) is 0 Å². The summed E-state index contributed by atoms with van der Waals surface area (Å²) < 4.78 is 0. The van der Waals surface area contributed by atoms with Crippen molar-refractivity contribution in [1.82, 2.24) is 0 Å². The van der Waals surface area contributed by atoms with Gasteiger partial charge in [-0.05, 0) is 118 Å². The second-order valence-corrected chi connectivity index (χ2v) is 13.7. The van der Waals surface area contributed by atoms with E-state index < -0.39 is 11.2 Å². The average Bonchev–Trinajstić information content (AvgIpc) is 3.01. The lowest BCUT2D eigenvalue weighted by Gasteiger charge is -2.65. The molecule has 4 saturated carbocycles. The van der Waals surface area contributed by atoms with Gasteiger partial charge in [0.2, 0.25) is 0 Å². The van der Waals surface area contributed by atoms with Crippen LogP contribution in [0.3, 0.4) is 0 Å². The maximum absolute atomic E-state index is 11.6. The van der Waals surface area contributed by atoms with Gasteiger partial charge in [0.15, 0.2) is 0 Å². The third kappa shape index (κ3) is 3.93. The fourth-order valence-corrected chi connectivity index (χ4v) is 9.79. The van der Waals surface area contributed by atoms with Crippen LogP contribution in [0, 0.1) is 46.3 Å². The van der Waals surface area contributed by atoms with Crippen molar-refractivity contribution in [3.05, 3.63) is 0 Å². The normalized spacial score (nSPS) is 51.7. The van der Waals surface area contributed by atoms with E-state index >= 15 is 0 Å². The Hall–Kier alpha value is -0.120. The van der Waals surface area contributed by atoms with Gasteiger partial charge in [-0.15, -0.1) is 0 Å². The van der Waals surface area contributed by atoms with Crippen LogP contribution < -0.4 is 0 Å². The summed E-state index contributed by atoms with van der Waals surface area (Å²) in [6.07, 6.45) is 11.4. The average molecular weight is 435 g/mol. The quantitative estimate of drug-likeness (QED) is 0.501. The van der Waals surface area contributed by atoms with Gasteiger partial charge in [-0.3, -0.25) is 0 Å². The van der Waals surface area contributed by atoms with Gasteiger partial charge in [0.1, 0.15) is 0 Å². The molecular weight excluding hydrogens is 384 g/mol. The molecule has 0 radical (unpaired) electrons. The van der Waals surface area contributed by atoms with E-state index in [0.29, 0.717) is 29.6 Å². The minimum Gasteiger partial charge on any atom is -0.393 e. The topological polar surface area (TPSA) is 60.7 Å². The van der Waals surface area contributed by atoms with Crippen molar-refractivity contribution in [1.29, 1.82) is 0 Å². The summed E-state index contributed by atoms with van der Waals surface area (Å²) in [5.41, 5.74) is -0.933. The van der Waals surface area contributed by atoms with Crippen molar-refractivity contribution in [2.75, 3.05) is 0 Å². The Balaban J connectivity index is 1.57. The van der Waals surface area contributed by atoms with Gasteiger partial charge in [-0.25, -0.2) is 0 Å². The summed E-state index contributed by atoms with van der Waals surface area (Å²) in [6, 6.07) is 0. The number of aliphatic hydroxyl groups is 3. The zero-order valence-corrected chi connectivity index (χ0v) is 21.2. The zero-order chi connectivity index (χ0) is 22.8. The Kier molecular flexibility index (Phi) is 6.18. The Morgan fingerprint density at radius 1 is 0.968 bits per heavy atom. The van der Waals surface area contributed by atoms with Crippen LogP contribution in [-0.2, 0) is 0 Å². The van der Waals surface area contributed by atoms with Gasteiger partial charge in [0, 0.05) is 0 Å². The third-order valence-corrected chi connectivity index (χ3v) is 11.2. The molecule has 10 atom stereocenters. The van der Waals surface area contributed by atoms with E-state index in [0.717, 1.165) is 44.9 Å². The molecule has 0 aromatic rings. The van der Waals surface area contributed by atoms with Crippen molar-refractivity contribution >= 4 is 0 Å². The van der Waals surface area contributed by atoms with Crippen molar-refractivity contribution in [3.8, 4) is 0 Å². The molecule has 0 saturated heterocycles. The van der Waals surface area contributed by atoms with Gasteiger partial charge in [-0.1, -0.05) is 40.5 Å². The highest BCUT2D eigenvalue weighted by molar-refractivity contribution is 5.15. The van der Waals surface area contributed by atoms with Crippen molar-refractivity contribution in [2.45, 2.75) is 129 Å². The van der Waals surface area contributed by atoms with E-state index in [4.69, 9.17) is 0 Å². The fraction of sp³-hybridized carbons (Fsp3) is 1.00. The highest BCUT2D eigenvalue weighted by atomic mass is 16.3. The molecule has 3 N–H and O–H groups in total. The first-order valence-electron chi connectivity index (χ1n) is 13.4. The Morgan fingerprint density at radius 2 is 1.61 bits per heavy atom. The van der Waals surface area contributed by atoms with E-state index in [2.05, 4.69) is 41.5 Å². The van der Waals surface area contributed by atoms with Gasteiger partial charge in [-0.2, -0.15) is 0 Å². The third-order valence-electron chi connectivity index (χ3n) is 11.2. The summed E-state index contributed by atoms with van der Waals surface area (Å²) in [5, 5.41) is 33.6. The Morgan fingerprint density at radius 3 is 2.29 bits per heavy atom. The van der Waals surface area contributed by atoms with Gasteiger partial charge >= 0.3 is 0 Å². The second kappa shape index (κ2) is 7.98. The van der Waals surface area contributed by atoms with E-state index in [1.165, 1.54) is 25.7 Å².